The molecule has 0 unspecified atom stereocenters. The Morgan fingerprint density at radius 2 is 1.79 bits per heavy atom. The summed E-state index contributed by atoms with van der Waals surface area (Å²) in [6.45, 7) is 5.15. The van der Waals surface area contributed by atoms with Crippen LogP contribution in [0.5, 0.6) is 11.5 Å². The molecular formula is C20H24FN3O4. The second kappa shape index (κ2) is 9.48. The first kappa shape index (κ1) is 20.0. The summed E-state index contributed by atoms with van der Waals surface area (Å²) in [4.78, 5) is 15.1. The van der Waals surface area contributed by atoms with Crippen LogP contribution < -0.4 is 9.47 Å². The maximum Gasteiger partial charge on any atom is 0.310 e. The van der Waals surface area contributed by atoms with Gasteiger partial charge in [-0.15, -0.1) is 0 Å². The standard InChI is InChI=1S/C20H24FN3O4/c1-27-19-7-6-17(21)14-16(19)15-23-10-8-22(9-11-23)12-13-28-20-5-3-2-4-18(20)24(25)26/h2-7,14H,8-13,15H2,1H3. The molecule has 1 heterocycles. The third-order valence-electron chi connectivity index (χ3n) is 4.83. The van der Waals surface area contributed by atoms with Gasteiger partial charge in [0.2, 0.25) is 0 Å². The average Bonchev–Trinajstić information content (AvgIpc) is 2.70. The van der Waals surface area contributed by atoms with Crippen LogP contribution in [0.25, 0.3) is 0 Å². The molecule has 3 rings (SSSR count). The first-order valence-corrected chi connectivity index (χ1v) is 9.20. The number of benzene rings is 2. The quantitative estimate of drug-likeness (QED) is 0.511. The van der Waals surface area contributed by atoms with E-state index in [1.54, 1.807) is 31.4 Å². The molecule has 0 amide bonds. The molecule has 0 saturated carbocycles. The minimum absolute atomic E-state index is 0.0173. The average molecular weight is 389 g/mol. The van der Waals surface area contributed by atoms with Gasteiger partial charge in [0.1, 0.15) is 18.2 Å². The van der Waals surface area contributed by atoms with E-state index in [1.165, 1.54) is 18.2 Å². The largest absolute Gasteiger partial charge is 0.496 e. The van der Waals surface area contributed by atoms with E-state index in [0.717, 1.165) is 31.7 Å². The Hall–Kier alpha value is -2.71. The minimum atomic E-state index is -0.436. The van der Waals surface area contributed by atoms with Gasteiger partial charge >= 0.3 is 5.69 Å². The van der Waals surface area contributed by atoms with E-state index in [4.69, 9.17) is 9.47 Å². The Morgan fingerprint density at radius 1 is 1.07 bits per heavy atom. The number of para-hydroxylation sites is 2. The Morgan fingerprint density at radius 3 is 2.50 bits per heavy atom. The van der Waals surface area contributed by atoms with Gasteiger partial charge in [-0.3, -0.25) is 19.9 Å². The van der Waals surface area contributed by atoms with Crippen molar-refractivity contribution in [1.29, 1.82) is 0 Å². The molecule has 1 aliphatic heterocycles. The molecule has 0 atom stereocenters. The van der Waals surface area contributed by atoms with Crippen molar-refractivity contribution in [3.63, 3.8) is 0 Å². The smallest absolute Gasteiger partial charge is 0.310 e. The molecule has 1 aliphatic rings. The number of nitro groups is 1. The van der Waals surface area contributed by atoms with Crippen molar-refractivity contribution in [1.82, 2.24) is 9.80 Å². The second-order valence-electron chi connectivity index (χ2n) is 6.65. The zero-order valence-corrected chi connectivity index (χ0v) is 15.8. The maximum atomic E-state index is 13.5. The Kier molecular flexibility index (Phi) is 6.78. The molecule has 0 radical (unpaired) electrons. The number of nitrogens with zero attached hydrogens (tertiary/aromatic N) is 3. The van der Waals surface area contributed by atoms with Crippen molar-refractivity contribution in [2.45, 2.75) is 6.54 Å². The van der Waals surface area contributed by atoms with Crippen LogP contribution in [0.3, 0.4) is 0 Å². The Balaban J connectivity index is 1.45. The lowest BCUT2D eigenvalue weighted by atomic mass is 10.1. The van der Waals surface area contributed by atoms with E-state index >= 15 is 0 Å². The molecule has 1 fully saturated rings. The highest BCUT2D eigenvalue weighted by Crippen LogP contribution is 2.26. The van der Waals surface area contributed by atoms with Crippen molar-refractivity contribution in [2.24, 2.45) is 0 Å². The van der Waals surface area contributed by atoms with Crippen molar-refractivity contribution in [3.05, 3.63) is 64.0 Å². The molecule has 0 N–H and O–H groups in total. The van der Waals surface area contributed by atoms with Crippen LogP contribution in [0, 0.1) is 15.9 Å². The fourth-order valence-electron chi connectivity index (χ4n) is 3.30. The molecule has 1 saturated heterocycles. The molecule has 28 heavy (non-hydrogen) atoms. The number of halogens is 1. The third-order valence-corrected chi connectivity index (χ3v) is 4.83. The topological polar surface area (TPSA) is 68.1 Å². The zero-order chi connectivity index (χ0) is 19.9. The summed E-state index contributed by atoms with van der Waals surface area (Å²) in [5, 5.41) is 11.0. The highest BCUT2D eigenvalue weighted by atomic mass is 19.1. The number of methoxy groups -OCH3 is 1. The van der Waals surface area contributed by atoms with Crippen LogP contribution in [-0.4, -0.2) is 61.2 Å². The van der Waals surface area contributed by atoms with E-state index < -0.39 is 4.92 Å². The summed E-state index contributed by atoms with van der Waals surface area (Å²) in [5.74, 6) is 0.729. The van der Waals surface area contributed by atoms with E-state index in [9.17, 15) is 14.5 Å². The summed E-state index contributed by atoms with van der Waals surface area (Å²) >= 11 is 0. The van der Waals surface area contributed by atoms with Crippen LogP contribution >= 0.6 is 0 Å². The highest BCUT2D eigenvalue weighted by Gasteiger charge is 2.19. The lowest BCUT2D eigenvalue weighted by Gasteiger charge is -2.34. The van der Waals surface area contributed by atoms with Gasteiger partial charge in [0.05, 0.1) is 12.0 Å². The van der Waals surface area contributed by atoms with E-state index in [0.29, 0.717) is 31.2 Å². The molecule has 0 bridgehead atoms. The summed E-state index contributed by atoms with van der Waals surface area (Å²) in [7, 11) is 1.59. The Labute approximate surface area is 163 Å². The fraction of sp³-hybridized carbons (Fsp3) is 0.400. The van der Waals surface area contributed by atoms with E-state index in [1.807, 2.05) is 0 Å². The summed E-state index contributed by atoms with van der Waals surface area (Å²) in [5.41, 5.74) is 0.826. The van der Waals surface area contributed by atoms with Crippen molar-refractivity contribution < 1.29 is 18.8 Å². The van der Waals surface area contributed by atoms with Gasteiger partial charge in [0.15, 0.2) is 5.75 Å². The molecular weight excluding hydrogens is 365 g/mol. The van der Waals surface area contributed by atoms with Gasteiger partial charge in [0, 0.05) is 50.9 Å². The van der Waals surface area contributed by atoms with Gasteiger partial charge < -0.3 is 9.47 Å². The molecule has 7 nitrogen and oxygen atoms in total. The molecule has 0 aromatic heterocycles. The first-order valence-electron chi connectivity index (χ1n) is 9.20. The maximum absolute atomic E-state index is 13.5. The van der Waals surface area contributed by atoms with Gasteiger partial charge in [0.25, 0.3) is 0 Å². The van der Waals surface area contributed by atoms with Gasteiger partial charge in [-0.25, -0.2) is 4.39 Å². The second-order valence-corrected chi connectivity index (χ2v) is 6.65. The van der Waals surface area contributed by atoms with Crippen molar-refractivity contribution in [2.75, 3.05) is 46.4 Å². The number of hydrogen-bond donors (Lipinski definition) is 0. The molecule has 2 aromatic rings. The van der Waals surface area contributed by atoms with Crippen LogP contribution in [0.15, 0.2) is 42.5 Å². The van der Waals surface area contributed by atoms with Gasteiger partial charge in [-0.05, 0) is 24.3 Å². The highest BCUT2D eigenvalue weighted by molar-refractivity contribution is 5.45. The molecule has 150 valence electrons. The number of rotatable bonds is 8. The monoisotopic (exact) mass is 389 g/mol. The SMILES string of the molecule is COc1ccc(F)cc1CN1CCN(CCOc2ccccc2[N+](=O)[O-])CC1. The van der Waals surface area contributed by atoms with E-state index in [-0.39, 0.29) is 11.5 Å². The van der Waals surface area contributed by atoms with Gasteiger partial charge in [-0.1, -0.05) is 12.1 Å². The third kappa shape index (κ3) is 5.17. The zero-order valence-electron chi connectivity index (χ0n) is 15.8. The van der Waals surface area contributed by atoms with Crippen LogP contribution in [0.2, 0.25) is 0 Å². The lowest BCUT2D eigenvalue weighted by molar-refractivity contribution is -0.385. The summed E-state index contributed by atoms with van der Waals surface area (Å²) < 4.78 is 24.4. The van der Waals surface area contributed by atoms with Crippen molar-refractivity contribution >= 4 is 5.69 Å². The van der Waals surface area contributed by atoms with Gasteiger partial charge in [-0.2, -0.15) is 0 Å². The van der Waals surface area contributed by atoms with Crippen LogP contribution in [0.1, 0.15) is 5.56 Å². The van der Waals surface area contributed by atoms with Crippen LogP contribution in [0.4, 0.5) is 10.1 Å². The normalized spacial score (nSPS) is 15.4. The number of piperazine rings is 1. The molecule has 2 aromatic carbocycles. The summed E-state index contributed by atoms with van der Waals surface area (Å²) in [6, 6.07) is 11.0. The van der Waals surface area contributed by atoms with E-state index in [2.05, 4.69) is 9.80 Å². The predicted octanol–water partition coefficient (Wildman–Crippen LogP) is 2.94. The molecule has 0 spiro atoms. The summed E-state index contributed by atoms with van der Waals surface area (Å²) in [6.07, 6.45) is 0. The van der Waals surface area contributed by atoms with Crippen molar-refractivity contribution in [3.8, 4) is 11.5 Å². The molecule has 8 heteroatoms. The lowest BCUT2D eigenvalue weighted by Crippen LogP contribution is -2.47. The first-order chi connectivity index (χ1) is 13.6. The van der Waals surface area contributed by atoms with Crippen LogP contribution in [-0.2, 0) is 6.54 Å². The minimum Gasteiger partial charge on any atom is -0.496 e. The Bertz CT molecular complexity index is 810. The fourth-order valence-corrected chi connectivity index (χ4v) is 3.30. The number of hydrogen-bond acceptors (Lipinski definition) is 6. The molecule has 0 aliphatic carbocycles. The predicted molar refractivity (Wildman–Crippen MR) is 103 cm³/mol. The number of nitro benzene ring substituents is 1. The number of ether oxygens (including phenoxy) is 2.